The minimum atomic E-state index is 0.445. The van der Waals surface area contributed by atoms with Crippen molar-refractivity contribution in [2.75, 3.05) is 17.7 Å². The molecule has 0 aliphatic carbocycles. The van der Waals surface area contributed by atoms with Crippen molar-refractivity contribution in [3.8, 4) is 6.07 Å². The molecule has 0 saturated carbocycles. The molecule has 2 N–H and O–H groups in total. The maximum absolute atomic E-state index is 9.13. The highest BCUT2D eigenvalue weighted by Crippen LogP contribution is 2.39. The van der Waals surface area contributed by atoms with E-state index < -0.39 is 0 Å². The summed E-state index contributed by atoms with van der Waals surface area (Å²) in [5, 5.41) is 10.0. The van der Waals surface area contributed by atoms with E-state index >= 15 is 0 Å². The standard InChI is InChI=1S/C14H11Cl2N3/c1-19(13-5-3-2-4-9(13)8-17)14-11(15)6-10(18)7-12(14)16/h2-7H,18H2,1H3. The molecule has 0 unspecified atom stereocenters. The van der Waals surface area contributed by atoms with Crippen molar-refractivity contribution in [2.45, 2.75) is 0 Å². The lowest BCUT2D eigenvalue weighted by Crippen LogP contribution is -2.12. The van der Waals surface area contributed by atoms with Crippen molar-refractivity contribution in [3.05, 3.63) is 52.0 Å². The molecule has 2 rings (SSSR count). The molecular weight excluding hydrogens is 281 g/mol. The topological polar surface area (TPSA) is 53.0 Å². The Hall–Kier alpha value is -1.89. The Balaban J connectivity index is 2.57. The lowest BCUT2D eigenvalue weighted by Gasteiger charge is -2.23. The highest BCUT2D eigenvalue weighted by molar-refractivity contribution is 6.39. The van der Waals surface area contributed by atoms with E-state index in [2.05, 4.69) is 6.07 Å². The smallest absolute Gasteiger partial charge is 0.101 e. The molecular formula is C14H11Cl2N3. The van der Waals surface area contributed by atoms with Gasteiger partial charge in [-0.2, -0.15) is 5.26 Å². The minimum absolute atomic E-state index is 0.445. The number of hydrogen-bond donors (Lipinski definition) is 1. The van der Waals surface area contributed by atoms with E-state index in [0.29, 0.717) is 27.0 Å². The van der Waals surface area contributed by atoms with Gasteiger partial charge in [-0.1, -0.05) is 35.3 Å². The molecule has 0 atom stereocenters. The second-order valence-corrected chi connectivity index (χ2v) is 4.84. The number of rotatable bonds is 2. The highest BCUT2D eigenvalue weighted by Gasteiger charge is 2.15. The Kier molecular flexibility index (Phi) is 3.84. The molecule has 3 nitrogen and oxygen atoms in total. The number of benzene rings is 2. The van der Waals surface area contributed by atoms with Crippen LogP contribution in [0.3, 0.4) is 0 Å². The third-order valence-corrected chi connectivity index (χ3v) is 3.34. The van der Waals surface area contributed by atoms with Gasteiger partial charge in [-0.3, -0.25) is 0 Å². The second kappa shape index (κ2) is 5.40. The number of anilines is 3. The maximum atomic E-state index is 9.13. The summed E-state index contributed by atoms with van der Waals surface area (Å²) in [6.45, 7) is 0. The Morgan fingerprint density at radius 3 is 2.32 bits per heavy atom. The first-order valence-corrected chi connectivity index (χ1v) is 6.27. The van der Waals surface area contributed by atoms with Crippen LogP contribution in [0.2, 0.25) is 10.0 Å². The van der Waals surface area contributed by atoms with Gasteiger partial charge in [0.15, 0.2) is 0 Å². The average molecular weight is 292 g/mol. The maximum Gasteiger partial charge on any atom is 0.101 e. The summed E-state index contributed by atoms with van der Waals surface area (Å²) < 4.78 is 0. The summed E-state index contributed by atoms with van der Waals surface area (Å²) in [6.07, 6.45) is 0. The van der Waals surface area contributed by atoms with Gasteiger partial charge in [0.05, 0.1) is 27.0 Å². The van der Waals surface area contributed by atoms with Crippen LogP contribution in [0.4, 0.5) is 17.1 Å². The molecule has 0 radical (unpaired) electrons. The van der Waals surface area contributed by atoms with E-state index in [0.717, 1.165) is 5.69 Å². The summed E-state index contributed by atoms with van der Waals surface area (Å²) >= 11 is 12.4. The van der Waals surface area contributed by atoms with Gasteiger partial charge in [0, 0.05) is 12.7 Å². The lowest BCUT2D eigenvalue weighted by molar-refractivity contribution is 1.20. The number of nitrogen functional groups attached to an aromatic ring is 1. The predicted octanol–water partition coefficient (Wildman–Crippen LogP) is 4.22. The third kappa shape index (κ3) is 2.60. The molecule has 0 bridgehead atoms. The van der Waals surface area contributed by atoms with Gasteiger partial charge in [-0.25, -0.2) is 0 Å². The van der Waals surface area contributed by atoms with E-state index in [1.54, 1.807) is 30.1 Å². The van der Waals surface area contributed by atoms with Crippen molar-refractivity contribution in [2.24, 2.45) is 0 Å². The van der Waals surface area contributed by atoms with Gasteiger partial charge < -0.3 is 10.6 Å². The van der Waals surface area contributed by atoms with E-state index in [1.807, 2.05) is 18.2 Å². The van der Waals surface area contributed by atoms with Crippen molar-refractivity contribution in [1.29, 1.82) is 5.26 Å². The molecule has 0 saturated heterocycles. The number of nitriles is 1. The number of hydrogen-bond acceptors (Lipinski definition) is 3. The zero-order valence-corrected chi connectivity index (χ0v) is 11.7. The van der Waals surface area contributed by atoms with Crippen LogP contribution in [0.1, 0.15) is 5.56 Å². The molecule has 0 aromatic heterocycles. The second-order valence-electron chi connectivity index (χ2n) is 4.02. The molecule has 0 spiro atoms. The first kappa shape index (κ1) is 13.5. The van der Waals surface area contributed by atoms with Crippen LogP contribution in [0, 0.1) is 11.3 Å². The fourth-order valence-corrected chi connectivity index (χ4v) is 2.64. The van der Waals surface area contributed by atoms with E-state index in [9.17, 15) is 0 Å². The fourth-order valence-electron chi connectivity index (χ4n) is 1.89. The largest absolute Gasteiger partial charge is 0.399 e. The first-order chi connectivity index (χ1) is 9.04. The number of nitrogens with two attached hydrogens (primary N) is 1. The van der Waals surface area contributed by atoms with Crippen molar-refractivity contribution < 1.29 is 0 Å². The van der Waals surface area contributed by atoms with Crippen molar-refractivity contribution >= 4 is 40.3 Å². The van der Waals surface area contributed by atoms with Crippen LogP contribution in [-0.2, 0) is 0 Å². The highest BCUT2D eigenvalue weighted by atomic mass is 35.5. The van der Waals surface area contributed by atoms with Crippen LogP contribution in [0.15, 0.2) is 36.4 Å². The molecule has 0 heterocycles. The molecule has 0 aliphatic rings. The lowest BCUT2D eigenvalue weighted by atomic mass is 10.1. The van der Waals surface area contributed by atoms with Gasteiger partial charge in [0.1, 0.15) is 6.07 Å². The summed E-state index contributed by atoms with van der Waals surface area (Å²) in [6, 6.07) is 12.6. The Labute approximate surface area is 121 Å². The van der Waals surface area contributed by atoms with Gasteiger partial charge >= 0.3 is 0 Å². The summed E-state index contributed by atoms with van der Waals surface area (Å²) in [7, 11) is 1.81. The SMILES string of the molecule is CN(c1ccccc1C#N)c1c(Cl)cc(N)cc1Cl. The quantitative estimate of drug-likeness (QED) is 0.843. The average Bonchev–Trinajstić information content (AvgIpc) is 2.37. The molecule has 0 aliphatic heterocycles. The molecule has 0 fully saturated rings. The van der Waals surface area contributed by atoms with Gasteiger partial charge in [0.2, 0.25) is 0 Å². The van der Waals surface area contributed by atoms with Crippen LogP contribution in [0.25, 0.3) is 0 Å². The van der Waals surface area contributed by atoms with Crippen molar-refractivity contribution in [3.63, 3.8) is 0 Å². The van der Waals surface area contributed by atoms with Gasteiger partial charge in [-0.15, -0.1) is 0 Å². The summed E-state index contributed by atoms with van der Waals surface area (Å²) in [4.78, 5) is 1.78. The fraction of sp³-hybridized carbons (Fsp3) is 0.0714. The minimum Gasteiger partial charge on any atom is -0.399 e. The zero-order chi connectivity index (χ0) is 14.0. The Morgan fingerprint density at radius 2 is 1.74 bits per heavy atom. The molecule has 2 aromatic carbocycles. The number of nitrogens with zero attached hydrogens (tertiary/aromatic N) is 2. The zero-order valence-electron chi connectivity index (χ0n) is 10.2. The number of halogens is 2. The van der Waals surface area contributed by atoms with Crippen LogP contribution >= 0.6 is 23.2 Å². The Morgan fingerprint density at radius 1 is 1.16 bits per heavy atom. The number of para-hydroxylation sites is 1. The molecule has 0 amide bonds. The third-order valence-electron chi connectivity index (χ3n) is 2.76. The van der Waals surface area contributed by atoms with Gasteiger partial charge in [-0.05, 0) is 24.3 Å². The van der Waals surface area contributed by atoms with Crippen LogP contribution < -0.4 is 10.6 Å². The van der Waals surface area contributed by atoms with Crippen LogP contribution in [0.5, 0.6) is 0 Å². The predicted molar refractivity (Wildman–Crippen MR) is 80.1 cm³/mol. The van der Waals surface area contributed by atoms with E-state index in [-0.39, 0.29) is 0 Å². The monoisotopic (exact) mass is 291 g/mol. The first-order valence-electron chi connectivity index (χ1n) is 5.52. The summed E-state index contributed by atoms with van der Waals surface area (Å²) in [5.41, 5.74) is 8.09. The summed E-state index contributed by atoms with van der Waals surface area (Å²) in [5.74, 6) is 0. The molecule has 2 aromatic rings. The van der Waals surface area contributed by atoms with Gasteiger partial charge in [0.25, 0.3) is 0 Å². The normalized spacial score (nSPS) is 10.0. The molecule has 5 heteroatoms. The van der Waals surface area contributed by atoms with E-state index in [4.69, 9.17) is 34.2 Å². The molecule has 19 heavy (non-hydrogen) atoms. The van der Waals surface area contributed by atoms with Crippen molar-refractivity contribution in [1.82, 2.24) is 0 Å². The van der Waals surface area contributed by atoms with Crippen LogP contribution in [-0.4, -0.2) is 7.05 Å². The molecule has 96 valence electrons. The Bertz CT molecular complexity index is 639. The van der Waals surface area contributed by atoms with E-state index in [1.165, 1.54) is 0 Å².